The molecular weight excluding hydrogens is 366 g/mol. The lowest BCUT2D eigenvalue weighted by molar-refractivity contribution is 0.601. The lowest BCUT2D eigenvalue weighted by Gasteiger charge is -2.11. The van der Waals surface area contributed by atoms with Crippen molar-refractivity contribution >= 4 is 49.1 Å². The van der Waals surface area contributed by atoms with E-state index in [-0.39, 0.29) is 10.7 Å². The van der Waals surface area contributed by atoms with Crippen LogP contribution >= 0.6 is 27.5 Å². The number of rotatable bonds is 4. The number of pyridine rings is 1. The summed E-state index contributed by atoms with van der Waals surface area (Å²) in [6.45, 7) is 0. The van der Waals surface area contributed by atoms with Crippen molar-refractivity contribution in [3.8, 4) is 0 Å². The Morgan fingerprint density at radius 3 is 2.70 bits per heavy atom. The van der Waals surface area contributed by atoms with Crippen molar-refractivity contribution in [2.24, 2.45) is 0 Å². The van der Waals surface area contributed by atoms with Crippen LogP contribution in [0.2, 0.25) is 5.02 Å². The Hall–Kier alpha value is -1.31. The van der Waals surface area contributed by atoms with Gasteiger partial charge < -0.3 is 5.32 Å². The molecule has 0 bridgehead atoms. The Kier molecular flexibility index (Phi) is 4.52. The van der Waals surface area contributed by atoms with E-state index in [0.29, 0.717) is 15.2 Å². The predicted octanol–water partition coefficient (Wildman–Crippen LogP) is 3.34. The smallest absolute Gasteiger partial charge is 0.265 e. The van der Waals surface area contributed by atoms with Crippen molar-refractivity contribution in [1.29, 1.82) is 0 Å². The molecule has 0 radical (unpaired) electrons. The van der Waals surface area contributed by atoms with Gasteiger partial charge in [0.05, 0.1) is 10.7 Å². The molecule has 1 aromatic heterocycles. The van der Waals surface area contributed by atoms with E-state index >= 15 is 0 Å². The molecule has 2 rings (SSSR count). The SMILES string of the molecule is CNc1ncccc1S(=O)(=O)Nc1ccc(Cl)c(Br)c1. The Bertz CT molecular complexity index is 737. The zero-order valence-corrected chi connectivity index (χ0v) is 13.6. The first-order chi connectivity index (χ1) is 9.44. The molecule has 1 aromatic carbocycles. The van der Waals surface area contributed by atoms with Crippen LogP contribution in [0.4, 0.5) is 11.5 Å². The molecule has 0 spiro atoms. The minimum Gasteiger partial charge on any atom is -0.372 e. The fourth-order valence-electron chi connectivity index (χ4n) is 1.56. The summed E-state index contributed by atoms with van der Waals surface area (Å²) in [5.41, 5.74) is 0.409. The summed E-state index contributed by atoms with van der Waals surface area (Å²) in [5.74, 6) is 0.285. The number of nitrogens with zero attached hydrogens (tertiary/aromatic N) is 1. The van der Waals surface area contributed by atoms with Crippen LogP contribution in [0.25, 0.3) is 0 Å². The highest BCUT2D eigenvalue weighted by molar-refractivity contribution is 9.10. The van der Waals surface area contributed by atoms with Gasteiger partial charge in [0.2, 0.25) is 0 Å². The molecule has 106 valence electrons. The quantitative estimate of drug-likeness (QED) is 0.858. The molecule has 0 aliphatic rings. The number of nitrogens with one attached hydrogen (secondary N) is 2. The first-order valence-electron chi connectivity index (χ1n) is 5.54. The van der Waals surface area contributed by atoms with Crippen molar-refractivity contribution in [2.45, 2.75) is 4.90 Å². The summed E-state index contributed by atoms with van der Waals surface area (Å²) in [6, 6.07) is 7.82. The van der Waals surface area contributed by atoms with Gasteiger partial charge in [0.15, 0.2) is 0 Å². The van der Waals surface area contributed by atoms with E-state index in [9.17, 15) is 8.42 Å². The second-order valence-corrected chi connectivity index (χ2v) is 6.75. The maximum absolute atomic E-state index is 12.3. The first-order valence-corrected chi connectivity index (χ1v) is 8.20. The van der Waals surface area contributed by atoms with Gasteiger partial charge in [0, 0.05) is 17.7 Å². The van der Waals surface area contributed by atoms with Crippen LogP contribution in [0.5, 0.6) is 0 Å². The number of anilines is 2. The predicted molar refractivity (Wildman–Crippen MR) is 83.7 cm³/mol. The summed E-state index contributed by atoms with van der Waals surface area (Å²) in [6.07, 6.45) is 1.52. The molecule has 1 heterocycles. The third-order valence-electron chi connectivity index (χ3n) is 2.47. The molecule has 0 fully saturated rings. The maximum atomic E-state index is 12.3. The van der Waals surface area contributed by atoms with Crippen LogP contribution in [0, 0.1) is 0 Å². The number of benzene rings is 1. The minimum atomic E-state index is -3.72. The summed E-state index contributed by atoms with van der Waals surface area (Å²) in [7, 11) is -2.11. The van der Waals surface area contributed by atoms with Crippen LogP contribution in [0.1, 0.15) is 0 Å². The minimum absolute atomic E-state index is 0.0774. The normalized spacial score (nSPS) is 11.2. The zero-order chi connectivity index (χ0) is 14.8. The Morgan fingerprint density at radius 1 is 1.30 bits per heavy atom. The van der Waals surface area contributed by atoms with E-state index in [0.717, 1.165) is 0 Å². The van der Waals surface area contributed by atoms with Gasteiger partial charge in [0.25, 0.3) is 10.0 Å². The fourth-order valence-corrected chi connectivity index (χ4v) is 3.28. The lowest BCUT2D eigenvalue weighted by atomic mass is 10.3. The maximum Gasteiger partial charge on any atom is 0.265 e. The molecular formula is C12H11BrClN3O2S. The van der Waals surface area contributed by atoms with Crippen molar-refractivity contribution < 1.29 is 8.42 Å². The number of sulfonamides is 1. The molecule has 0 aliphatic carbocycles. The van der Waals surface area contributed by atoms with Crippen molar-refractivity contribution in [3.63, 3.8) is 0 Å². The van der Waals surface area contributed by atoms with Gasteiger partial charge in [-0.25, -0.2) is 13.4 Å². The number of hydrogen-bond acceptors (Lipinski definition) is 4. The van der Waals surface area contributed by atoms with Crippen LogP contribution < -0.4 is 10.0 Å². The molecule has 0 aliphatic heterocycles. The Morgan fingerprint density at radius 2 is 2.05 bits per heavy atom. The topological polar surface area (TPSA) is 71.1 Å². The highest BCUT2D eigenvalue weighted by Crippen LogP contribution is 2.27. The molecule has 0 unspecified atom stereocenters. The second kappa shape index (κ2) is 5.99. The Labute approximate surface area is 130 Å². The van der Waals surface area contributed by atoms with E-state index < -0.39 is 10.0 Å². The molecule has 20 heavy (non-hydrogen) atoms. The van der Waals surface area contributed by atoms with Crippen LogP contribution in [-0.4, -0.2) is 20.4 Å². The molecule has 5 nitrogen and oxygen atoms in total. The second-order valence-electron chi connectivity index (χ2n) is 3.83. The molecule has 0 saturated carbocycles. The molecule has 0 saturated heterocycles. The summed E-state index contributed by atoms with van der Waals surface area (Å²) >= 11 is 9.12. The number of hydrogen-bond donors (Lipinski definition) is 2. The van der Waals surface area contributed by atoms with E-state index in [2.05, 4.69) is 31.0 Å². The highest BCUT2D eigenvalue weighted by atomic mass is 79.9. The average molecular weight is 377 g/mol. The van der Waals surface area contributed by atoms with Crippen LogP contribution in [-0.2, 0) is 10.0 Å². The van der Waals surface area contributed by atoms with Crippen molar-refractivity contribution in [1.82, 2.24) is 4.98 Å². The first kappa shape index (κ1) is 15.1. The molecule has 2 aromatic rings. The van der Waals surface area contributed by atoms with Crippen LogP contribution in [0.15, 0.2) is 45.9 Å². The van der Waals surface area contributed by atoms with Gasteiger partial charge in [-0.15, -0.1) is 0 Å². The third kappa shape index (κ3) is 3.23. The highest BCUT2D eigenvalue weighted by Gasteiger charge is 2.19. The molecule has 0 amide bonds. The lowest BCUT2D eigenvalue weighted by Crippen LogP contribution is -2.15. The molecule has 8 heteroatoms. The Balaban J connectivity index is 2.38. The van der Waals surface area contributed by atoms with Gasteiger partial charge >= 0.3 is 0 Å². The summed E-state index contributed by atoms with van der Waals surface area (Å²) < 4.78 is 27.8. The van der Waals surface area contributed by atoms with E-state index in [4.69, 9.17) is 11.6 Å². The fraction of sp³-hybridized carbons (Fsp3) is 0.0833. The number of halogens is 2. The van der Waals surface area contributed by atoms with Gasteiger partial charge in [-0.3, -0.25) is 4.72 Å². The van der Waals surface area contributed by atoms with Crippen molar-refractivity contribution in [2.75, 3.05) is 17.1 Å². The number of aromatic nitrogens is 1. The van der Waals surface area contributed by atoms with Gasteiger partial charge in [-0.1, -0.05) is 11.6 Å². The zero-order valence-electron chi connectivity index (χ0n) is 10.4. The largest absolute Gasteiger partial charge is 0.372 e. The monoisotopic (exact) mass is 375 g/mol. The van der Waals surface area contributed by atoms with Gasteiger partial charge in [-0.2, -0.15) is 0 Å². The van der Waals surface area contributed by atoms with Crippen molar-refractivity contribution in [3.05, 3.63) is 46.0 Å². The van der Waals surface area contributed by atoms with Crippen LogP contribution in [0.3, 0.4) is 0 Å². The van der Waals surface area contributed by atoms with Gasteiger partial charge in [-0.05, 0) is 46.3 Å². The van der Waals surface area contributed by atoms with Gasteiger partial charge in [0.1, 0.15) is 10.7 Å². The average Bonchev–Trinajstić information content (AvgIpc) is 2.42. The summed E-state index contributed by atoms with van der Waals surface area (Å²) in [5, 5.41) is 3.25. The van der Waals surface area contributed by atoms with E-state index in [1.54, 1.807) is 31.3 Å². The summed E-state index contributed by atoms with van der Waals surface area (Å²) in [4.78, 5) is 4.05. The molecule has 2 N–H and O–H groups in total. The standard InChI is InChI=1S/C12H11BrClN3O2S/c1-15-12-11(3-2-6-16-12)20(18,19)17-8-4-5-10(14)9(13)7-8/h2-7,17H,1H3,(H,15,16). The van der Waals surface area contributed by atoms with E-state index in [1.807, 2.05) is 0 Å². The van der Waals surface area contributed by atoms with E-state index in [1.165, 1.54) is 12.3 Å². The third-order valence-corrected chi connectivity index (χ3v) is 5.10. The molecule has 0 atom stereocenters.